The van der Waals surface area contributed by atoms with Crippen molar-refractivity contribution in [2.45, 2.75) is 24.2 Å². The number of amides is 1. The van der Waals surface area contributed by atoms with E-state index in [0.29, 0.717) is 12.8 Å². The van der Waals surface area contributed by atoms with Gasteiger partial charge in [-0.1, -0.05) is 6.42 Å². The maximum atomic E-state index is 14.3. The molecule has 1 saturated heterocycles. The second-order valence-corrected chi connectivity index (χ2v) is 9.15. The second-order valence-electron chi connectivity index (χ2n) is 7.25. The van der Waals surface area contributed by atoms with Crippen LogP contribution in [0.5, 0.6) is 0 Å². The van der Waals surface area contributed by atoms with E-state index in [9.17, 15) is 26.4 Å². The van der Waals surface area contributed by atoms with Crippen molar-refractivity contribution < 1.29 is 26.4 Å². The van der Waals surface area contributed by atoms with Gasteiger partial charge in [-0.3, -0.25) is 4.79 Å². The van der Waals surface area contributed by atoms with Gasteiger partial charge in [-0.25, -0.2) is 21.6 Å². The number of nitrogens with one attached hydrogen (secondary N) is 1. The highest BCUT2D eigenvalue weighted by atomic mass is 32.2. The van der Waals surface area contributed by atoms with Crippen molar-refractivity contribution in [2.75, 3.05) is 37.4 Å². The molecule has 3 rings (SSSR count). The lowest BCUT2D eigenvalue weighted by Gasteiger charge is -2.26. The van der Waals surface area contributed by atoms with Crippen molar-refractivity contribution in [3.8, 4) is 0 Å². The van der Waals surface area contributed by atoms with E-state index >= 15 is 0 Å². The van der Waals surface area contributed by atoms with E-state index in [0.717, 1.165) is 36.8 Å². The highest BCUT2D eigenvalue weighted by molar-refractivity contribution is 7.89. The molecule has 0 bridgehead atoms. The van der Waals surface area contributed by atoms with Gasteiger partial charge >= 0.3 is 0 Å². The number of rotatable bonds is 5. The van der Waals surface area contributed by atoms with Crippen LogP contribution in [0.4, 0.5) is 24.5 Å². The lowest BCUT2D eigenvalue weighted by Crippen LogP contribution is -2.36. The van der Waals surface area contributed by atoms with Crippen LogP contribution in [0.2, 0.25) is 0 Å². The fraction of sp³-hybridized carbons (Fsp3) is 0.350. The van der Waals surface area contributed by atoms with Crippen LogP contribution in [0.25, 0.3) is 0 Å². The topological polar surface area (TPSA) is 69.7 Å². The van der Waals surface area contributed by atoms with Crippen LogP contribution in [-0.2, 0) is 10.0 Å². The molecule has 0 radical (unpaired) electrons. The fourth-order valence-corrected chi connectivity index (χ4v) is 4.96. The zero-order valence-electron chi connectivity index (χ0n) is 16.6. The minimum atomic E-state index is -4.10. The molecule has 1 aliphatic rings. The van der Waals surface area contributed by atoms with Crippen LogP contribution < -0.4 is 10.2 Å². The van der Waals surface area contributed by atoms with Crippen LogP contribution in [0.3, 0.4) is 0 Å². The molecule has 0 atom stereocenters. The SMILES string of the molecule is CN(C)c1c(F)cc(NC(=O)c2ccc(F)c(S(=O)(=O)N3CCCCC3)c2)cc1F. The summed E-state index contributed by atoms with van der Waals surface area (Å²) in [6.07, 6.45) is 2.26. The molecule has 1 amide bonds. The lowest BCUT2D eigenvalue weighted by atomic mass is 10.2. The van der Waals surface area contributed by atoms with Gasteiger partial charge in [0.2, 0.25) is 10.0 Å². The van der Waals surface area contributed by atoms with Crippen LogP contribution in [0.15, 0.2) is 35.2 Å². The predicted octanol–water partition coefficient (Wildman–Crippen LogP) is 3.60. The Morgan fingerprint density at radius 2 is 1.57 bits per heavy atom. The Hall–Kier alpha value is -2.59. The predicted molar refractivity (Wildman–Crippen MR) is 108 cm³/mol. The standard InChI is InChI=1S/C20H22F3N3O3S/c1-25(2)19-16(22)11-14(12-17(19)23)24-20(27)13-6-7-15(21)18(10-13)30(28,29)26-8-4-3-5-9-26/h6-7,10-12H,3-5,8-9H2,1-2H3,(H,24,27). The van der Waals surface area contributed by atoms with Gasteiger partial charge in [0.05, 0.1) is 0 Å². The van der Waals surface area contributed by atoms with E-state index < -0.39 is 38.3 Å². The van der Waals surface area contributed by atoms with E-state index in [2.05, 4.69) is 5.32 Å². The Morgan fingerprint density at radius 3 is 2.13 bits per heavy atom. The molecule has 1 fully saturated rings. The molecule has 0 aromatic heterocycles. The number of halogens is 3. The Kier molecular flexibility index (Phi) is 6.37. The molecule has 2 aromatic rings. The van der Waals surface area contributed by atoms with Crippen molar-refractivity contribution in [2.24, 2.45) is 0 Å². The maximum absolute atomic E-state index is 14.3. The van der Waals surface area contributed by atoms with E-state index in [-0.39, 0.29) is 30.0 Å². The summed E-state index contributed by atoms with van der Waals surface area (Å²) in [4.78, 5) is 13.2. The quantitative estimate of drug-likeness (QED) is 0.770. The molecule has 1 N–H and O–H groups in total. The maximum Gasteiger partial charge on any atom is 0.255 e. The summed E-state index contributed by atoms with van der Waals surface area (Å²) in [5.74, 6) is -3.53. The zero-order chi connectivity index (χ0) is 22.1. The third-order valence-corrected chi connectivity index (χ3v) is 6.76. The van der Waals surface area contributed by atoms with Crippen molar-refractivity contribution in [3.63, 3.8) is 0 Å². The Balaban J connectivity index is 1.88. The largest absolute Gasteiger partial charge is 0.373 e. The number of hydrogen-bond donors (Lipinski definition) is 1. The molecule has 0 saturated carbocycles. The van der Waals surface area contributed by atoms with Crippen molar-refractivity contribution >= 4 is 27.3 Å². The average molecular weight is 441 g/mol. The third kappa shape index (κ3) is 4.44. The molecular weight excluding hydrogens is 419 g/mol. The first-order valence-corrected chi connectivity index (χ1v) is 10.8. The summed E-state index contributed by atoms with van der Waals surface area (Å²) < 4.78 is 69.3. The van der Waals surface area contributed by atoms with Gasteiger partial charge < -0.3 is 10.2 Å². The number of anilines is 2. The molecule has 10 heteroatoms. The summed E-state index contributed by atoms with van der Waals surface area (Å²) in [7, 11) is -1.15. The van der Waals surface area contributed by atoms with Gasteiger partial charge in [0.15, 0.2) is 11.6 Å². The van der Waals surface area contributed by atoms with Gasteiger partial charge in [-0.05, 0) is 43.2 Å². The van der Waals surface area contributed by atoms with Gasteiger partial charge in [-0.15, -0.1) is 0 Å². The number of nitrogens with zero attached hydrogens (tertiary/aromatic N) is 2. The van der Waals surface area contributed by atoms with Crippen LogP contribution in [0, 0.1) is 17.5 Å². The Labute approximate surface area is 173 Å². The normalized spacial score (nSPS) is 15.1. The summed E-state index contributed by atoms with van der Waals surface area (Å²) in [6.45, 7) is 0.573. The summed E-state index contributed by atoms with van der Waals surface area (Å²) in [6, 6.07) is 4.84. The molecule has 1 aliphatic heterocycles. The number of carbonyl (C=O) groups is 1. The first kappa shape index (κ1) is 22.1. The fourth-order valence-electron chi connectivity index (χ4n) is 3.35. The smallest absolute Gasteiger partial charge is 0.255 e. The molecule has 0 aliphatic carbocycles. The zero-order valence-corrected chi connectivity index (χ0v) is 17.4. The van der Waals surface area contributed by atoms with E-state index in [1.165, 1.54) is 23.3 Å². The van der Waals surface area contributed by atoms with Gasteiger partial charge in [0.1, 0.15) is 16.4 Å². The molecule has 0 spiro atoms. The van der Waals surface area contributed by atoms with Crippen LogP contribution in [0.1, 0.15) is 29.6 Å². The summed E-state index contributed by atoms with van der Waals surface area (Å²) in [5.41, 5.74) is -0.556. The first-order valence-electron chi connectivity index (χ1n) is 9.38. The second kappa shape index (κ2) is 8.65. The van der Waals surface area contributed by atoms with Gasteiger partial charge in [-0.2, -0.15) is 4.31 Å². The monoisotopic (exact) mass is 441 g/mol. The number of benzene rings is 2. The van der Waals surface area contributed by atoms with Crippen molar-refractivity contribution in [1.82, 2.24) is 4.31 Å². The molecule has 2 aromatic carbocycles. The van der Waals surface area contributed by atoms with Crippen molar-refractivity contribution in [1.29, 1.82) is 0 Å². The molecule has 30 heavy (non-hydrogen) atoms. The molecule has 162 valence electrons. The number of piperidine rings is 1. The molecule has 1 heterocycles. The van der Waals surface area contributed by atoms with Crippen molar-refractivity contribution in [3.05, 3.63) is 53.3 Å². The molecular formula is C20H22F3N3O3S. The minimum Gasteiger partial charge on any atom is -0.373 e. The lowest BCUT2D eigenvalue weighted by molar-refractivity contribution is 0.102. The summed E-state index contributed by atoms with van der Waals surface area (Å²) in [5, 5.41) is 2.32. The van der Waals surface area contributed by atoms with Crippen LogP contribution >= 0.6 is 0 Å². The number of hydrogen-bond acceptors (Lipinski definition) is 4. The highest BCUT2D eigenvalue weighted by Crippen LogP contribution is 2.27. The molecule has 6 nitrogen and oxygen atoms in total. The third-order valence-electron chi connectivity index (χ3n) is 4.85. The highest BCUT2D eigenvalue weighted by Gasteiger charge is 2.29. The number of sulfonamides is 1. The number of carbonyl (C=O) groups excluding carboxylic acids is 1. The average Bonchev–Trinajstić information content (AvgIpc) is 2.68. The van der Waals surface area contributed by atoms with E-state index in [4.69, 9.17) is 0 Å². The summed E-state index contributed by atoms with van der Waals surface area (Å²) >= 11 is 0. The molecule has 0 unspecified atom stereocenters. The van der Waals surface area contributed by atoms with Gasteiger partial charge in [0.25, 0.3) is 5.91 Å². The Morgan fingerprint density at radius 1 is 0.967 bits per heavy atom. The van der Waals surface area contributed by atoms with E-state index in [1.807, 2.05) is 0 Å². The van der Waals surface area contributed by atoms with E-state index in [1.54, 1.807) is 0 Å². The van der Waals surface area contributed by atoms with Gasteiger partial charge in [0, 0.05) is 38.4 Å². The minimum absolute atomic E-state index is 0.148. The van der Waals surface area contributed by atoms with Crippen LogP contribution in [-0.4, -0.2) is 45.8 Å². The first-order chi connectivity index (χ1) is 14.1. The Bertz CT molecular complexity index is 1050.